The molecule has 2 aromatic rings. The van der Waals surface area contributed by atoms with Crippen LogP contribution in [0.15, 0.2) is 24.4 Å². The molecule has 2 saturated heterocycles. The lowest BCUT2D eigenvalue weighted by atomic mass is 9.97. The SMILES string of the molecule is O=C1CCC(n2cc3cc(CNC(=O)C4CCNCC4)ccc3c2O)C(=O)N1. The third-order valence-electron chi connectivity index (χ3n) is 5.60. The second-order valence-electron chi connectivity index (χ2n) is 7.49. The van der Waals surface area contributed by atoms with Crippen LogP contribution in [0.5, 0.6) is 5.88 Å². The van der Waals surface area contributed by atoms with Crippen LogP contribution in [-0.2, 0) is 20.9 Å². The van der Waals surface area contributed by atoms with Crippen molar-refractivity contribution < 1.29 is 19.5 Å². The number of rotatable bonds is 4. The highest BCUT2D eigenvalue weighted by molar-refractivity contribution is 6.00. The summed E-state index contributed by atoms with van der Waals surface area (Å²) < 4.78 is 1.52. The van der Waals surface area contributed by atoms with E-state index in [9.17, 15) is 19.5 Å². The molecule has 8 nitrogen and oxygen atoms in total. The molecule has 1 aromatic carbocycles. The van der Waals surface area contributed by atoms with Crippen LogP contribution in [0.2, 0.25) is 0 Å². The van der Waals surface area contributed by atoms with Crippen LogP contribution in [0.1, 0.15) is 37.3 Å². The highest BCUT2D eigenvalue weighted by atomic mass is 16.3. The van der Waals surface area contributed by atoms with Gasteiger partial charge in [0.15, 0.2) is 5.88 Å². The number of aromatic hydroxyl groups is 1. The minimum absolute atomic E-state index is 0.00906. The quantitative estimate of drug-likeness (QED) is 0.586. The zero-order valence-corrected chi connectivity index (χ0v) is 15.5. The Balaban J connectivity index is 1.49. The minimum Gasteiger partial charge on any atom is -0.494 e. The van der Waals surface area contributed by atoms with Gasteiger partial charge in [-0.1, -0.05) is 6.07 Å². The molecule has 1 aromatic heterocycles. The first kappa shape index (κ1) is 18.5. The highest BCUT2D eigenvalue weighted by Crippen LogP contribution is 2.33. The van der Waals surface area contributed by atoms with Crippen LogP contribution in [-0.4, -0.2) is 40.5 Å². The molecule has 148 valence electrons. The Kier molecular flexibility index (Phi) is 5.04. The van der Waals surface area contributed by atoms with Crippen molar-refractivity contribution in [1.29, 1.82) is 0 Å². The topological polar surface area (TPSA) is 112 Å². The molecule has 2 aliphatic rings. The Morgan fingerprint density at radius 1 is 1.21 bits per heavy atom. The second-order valence-corrected chi connectivity index (χ2v) is 7.49. The summed E-state index contributed by atoms with van der Waals surface area (Å²) in [6.45, 7) is 2.16. The predicted molar refractivity (Wildman–Crippen MR) is 102 cm³/mol. The van der Waals surface area contributed by atoms with Crippen LogP contribution >= 0.6 is 0 Å². The van der Waals surface area contributed by atoms with Crippen LogP contribution < -0.4 is 16.0 Å². The molecule has 0 saturated carbocycles. The average molecular weight is 384 g/mol. The van der Waals surface area contributed by atoms with Gasteiger partial charge in [-0.25, -0.2) is 0 Å². The molecule has 1 unspecified atom stereocenters. The van der Waals surface area contributed by atoms with E-state index in [0.29, 0.717) is 18.4 Å². The number of fused-ring (bicyclic) bond motifs is 1. The van der Waals surface area contributed by atoms with Crippen molar-refractivity contribution in [1.82, 2.24) is 20.5 Å². The van der Waals surface area contributed by atoms with Gasteiger partial charge in [-0.05, 0) is 50.0 Å². The molecule has 8 heteroatoms. The third-order valence-corrected chi connectivity index (χ3v) is 5.60. The maximum Gasteiger partial charge on any atom is 0.249 e. The first-order valence-electron chi connectivity index (χ1n) is 9.67. The normalized spacial score (nSPS) is 20.9. The third kappa shape index (κ3) is 3.60. The Morgan fingerprint density at radius 3 is 2.75 bits per heavy atom. The van der Waals surface area contributed by atoms with Crippen molar-refractivity contribution in [2.75, 3.05) is 13.1 Å². The largest absolute Gasteiger partial charge is 0.494 e. The fourth-order valence-corrected chi connectivity index (χ4v) is 3.99. The molecule has 4 rings (SSSR count). The first-order valence-corrected chi connectivity index (χ1v) is 9.67. The number of benzene rings is 1. The Morgan fingerprint density at radius 2 is 2.00 bits per heavy atom. The van der Waals surface area contributed by atoms with Crippen molar-refractivity contribution in [3.8, 4) is 5.88 Å². The summed E-state index contributed by atoms with van der Waals surface area (Å²) in [6.07, 6.45) is 4.04. The molecule has 2 aliphatic heterocycles. The van der Waals surface area contributed by atoms with E-state index < -0.39 is 11.9 Å². The number of carbonyl (C=O) groups is 3. The van der Waals surface area contributed by atoms with E-state index in [1.807, 2.05) is 12.1 Å². The van der Waals surface area contributed by atoms with Gasteiger partial charge >= 0.3 is 0 Å². The molecule has 0 spiro atoms. The van der Waals surface area contributed by atoms with Crippen LogP contribution in [0, 0.1) is 5.92 Å². The molecule has 3 amide bonds. The highest BCUT2D eigenvalue weighted by Gasteiger charge is 2.30. The number of hydrogen-bond acceptors (Lipinski definition) is 5. The fraction of sp³-hybridized carbons (Fsp3) is 0.450. The molecule has 3 heterocycles. The number of nitrogens with zero attached hydrogens (tertiary/aromatic N) is 1. The van der Waals surface area contributed by atoms with E-state index in [-0.39, 0.29) is 30.0 Å². The number of aromatic nitrogens is 1. The van der Waals surface area contributed by atoms with Gasteiger partial charge in [0, 0.05) is 35.9 Å². The van der Waals surface area contributed by atoms with Crippen LogP contribution in [0.3, 0.4) is 0 Å². The molecular formula is C20H24N4O4. The van der Waals surface area contributed by atoms with Crippen molar-refractivity contribution >= 4 is 28.5 Å². The zero-order chi connectivity index (χ0) is 19.7. The first-order chi connectivity index (χ1) is 13.5. The van der Waals surface area contributed by atoms with Gasteiger partial charge in [-0.3, -0.25) is 19.7 Å². The number of carbonyl (C=O) groups excluding carboxylic acids is 3. The zero-order valence-electron chi connectivity index (χ0n) is 15.5. The van der Waals surface area contributed by atoms with Gasteiger partial charge in [0.1, 0.15) is 6.04 Å². The van der Waals surface area contributed by atoms with E-state index >= 15 is 0 Å². The van der Waals surface area contributed by atoms with E-state index in [1.54, 1.807) is 12.3 Å². The smallest absolute Gasteiger partial charge is 0.249 e. The van der Waals surface area contributed by atoms with Crippen LogP contribution in [0.25, 0.3) is 10.8 Å². The Hall–Kier alpha value is -2.87. The summed E-state index contributed by atoms with van der Waals surface area (Å²) >= 11 is 0. The van der Waals surface area contributed by atoms with Crippen molar-refractivity contribution in [2.45, 2.75) is 38.3 Å². The Labute approximate surface area is 162 Å². The second kappa shape index (κ2) is 7.63. The summed E-state index contributed by atoms with van der Waals surface area (Å²) in [5.41, 5.74) is 0.926. The lowest BCUT2D eigenvalue weighted by Crippen LogP contribution is -2.41. The summed E-state index contributed by atoms with van der Waals surface area (Å²) in [5, 5.41) is 20.5. The number of hydrogen-bond donors (Lipinski definition) is 4. The molecule has 0 aliphatic carbocycles. The lowest BCUT2D eigenvalue weighted by Gasteiger charge is -2.22. The lowest BCUT2D eigenvalue weighted by molar-refractivity contribution is -0.135. The number of imide groups is 1. The van der Waals surface area contributed by atoms with Gasteiger partial charge < -0.3 is 20.3 Å². The molecule has 0 bridgehead atoms. The number of amides is 3. The molecule has 2 fully saturated rings. The molecule has 28 heavy (non-hydrogen) atoms. The van der Waals surface area contributed by atoms with Crippen molar-refractivity contribution in [3.63, 3.8) is 0 Å². The van der Waals surface area contributed by atoms with E-state index in [1.165, 1.54) is 4.57 Å². The number of piperidine rings is 2. The maximum absolute atomic E-state index is 12.3. The minimum atomic E-state index is -0.604. The standard InChI is InChI=1S/C20H24N4O4/c25-17-4-3-16(19(27)23-17)24-11-14-9-12(1-2-15(14)20(24)28)10-22-18(26)13-5-7-21-8-6-13/h1-2,9,11,13,16,21,28H,3-8,10H2,(H,22,26)(H,23,25,27). The van der Waals surface area contributed by atoms with Gasteiger partial charge in [0.2, 0.25) is 17.7 Å². The molecule has 0 radical (unpaired) electrons. The van der Waals surface area contributed by atoms with Crippen LogP contribution in [0.4, 0.5) is 0 Å². The molecular weight excluding hydrogens is 360 g/mol. The summed E-state index contributed by atoms with van der Waals surface area (Å²) in [4.78, 5) is 35.8. The Bertz CT molecular complexity index is 930. The summed E-state index contributed by atoms with van der Waals surface area (Å²) in [7, 11) is 0. The predicted octanol–water partition coefficient (Wildman–Crippen LogP) is 0.940. The van der Waals surface area contributed by atoms with Gasteiger partial charge in [-0.15, -0.1) is 0 Å². The average Bonchev–Trinajstić information content (AvgIpc) is 3.02. The van der Waals surface area contributed by atoms with Gasteiger partial charge in [0.25, 0.3) is 0 Å². The maximum atomic E-state index is 12.3. The van der Waals surface area contributed by atoms with Crippen molar-refractivity contribution in [2.24, 2.45) is 5.92 Å². The van der Waals surface area contributed by atoms with Gasteiger partial charge in [0.05, 0.1) is 0 Å². The van der Waals surface area contributed by atoms with Crippen molar-refractivity contribution in [3.05, 3.63) is 30.0 Å². The molecule has 1 atom stereocenters. The van der Waals surface area contributed by atoms with E-state index in [0.717, 1.165) is 36.9 Å². The number of nitrogens with one attached hydrogen (secondary N) is 3. The van der Waals surface area contributed by atoms with E-state index in [4.69, 9.17) is 0 Å². The van der Waals surface area contributed by atoms with E-state index in [2.05, 4.69) is 16.0 Å². The van der Waals surface area contributed by atoms with Gasteiger partial charge in [-0.2, -0.15) is 0 Å². The summed E-state index contributed by atoms with van der Waals surface area (Å²) in [5.74, 6) is -0.548. The molecule has 4 N–H and O–H groups in total. The monoisotopic (exact) mass is 384 g/mol. The summed E-state index contributed by atoms with van der Waals surface area (Å²) in [6, 6.07) is 4.95. The fourth-order valence-electron chi connectivity index (χ4n) is 3.99.